The molecule has 0 saturated heterocycles. The minimum atomic E-state index is -0.942. The second-order valence-corrected chi connectivity index (χ2v) is 4.40. The van der Waals surface area contributed by atoms with E-state index in [-0.39, 0.29) is 18.1 Å². The highest BCUT2D eigenvalue weighted by Gasteiger charge is 2.25. The number of benzene rings is 1. The zero-order valence-electron chi connectivity index (χ0n) is 10.0. The molecule has 0 aliphatic rings. The molecule has 0 amide bonds. The van der Waals surface area contributed by atoms with E-state index < -0.39 is 11.9 Å². The van der Waals surface area contributed by atoms with E-state index in [0.717, 1.165) is 0 Å². The van der Waals surface area contributed by atoms with E-state index in [0.29, 0.717) is 11.3 Å². The van der Waals surface area contributed by atoms with Gasteiger partial charge in [-0.3, -0.25) is 9.59 Å². The lowest BCUT2D eigenvalue weighted by Crippen LogP contribution is -2.23. The van der Waals surface area contributed by atoms with Crippen LogP contribution < -0.4 is 5.73 Å². The molecule has 0 saturated carbocycles. The van der Waals surface area contributed by atoms with Crippen LogP contribution in [0.3, 0.4) is 0 Å². The van der Waals surface area contributed by atoms with Crippen LogP contribution in [0.5, 0.6) is 0 Å². The number of Topliss-reactive ketones (excluding diaryl/α,β-unsaturated/α-hetero) is 1. The summed E-state index contributed by atoms with van der Waals surface area (Å²) < 4.78 is 0. The second kappa shape index (κ2) is 5.48. The Bertz CT molecular complexity index is 426. The summed E-state index contributed by atoms with van der Waals surface area (Å²) in [6, 6.07) is 6.72. The summed E-state index contributed by atoms with van der Waals surface area (Å²) in [6.45, 7) is 3.58. The van der Waals surface area contributed by atoms with E-state index >= 15 is 0 Å². The van der Waals surface area contributed by atoms with Crippen LogP contribution in [0, 0.1) is 11.8 Å². The van der Waals surface area contributed by atoms with Gasteiger partial charge in [-0.15, -0.1) is 0 Å². The first-order chi connectivity index (χ1) is 7.93. The van der Waals surface area contributed by atoms with E-state index in [9.17, 15) is 9.59 Å². The molecule has 1 aromatic carbocycles. The summed E-state index contributed by atoms with van der Waals surface area (Å²) in [5.74, 6) is -1.91. The van der Waals surface area contributed by atoms with Gasteiger partial charge < -0.3 is 10.8 Å². The number of hydrogen-bond donors (Lipinski definition) is 2. The first-order valence-corrected chi connectivity index (χ1v) is 5.54. The maximum absolute atomic E-state index is 11.9. The number of ketones is 1. The average molecular weight is 235 g/mol. The molecule has 0 radical (unpaired) electrons. The number of carboxylic acids is 1. The molecule has 0 heterocycles. The van der Waals surface area contributed by atoms with Crippen molar-refractivity contribution in [3.8, 4) is 0 Å². The van der Waals surface area contributed by atoms with Crippen LogP contribution >= 0.6 is 0 Å². The summed E-state index contributed by atoms with van der Waals surface area (Å²) in [5.41, 5.74) is 6.48. The number of rotatable bonds is 5. The number of para-hydroxylation sites is 1. The normalized spacial score (nSPS) is 12.4. The number of carbonyl (C=O) groups is 2. The highest BCUT2D eigenvalue weighted by atomic mass is 16.4. The molecule has 1 atom stereocenters. The molecular formula is C13H17NO3. The minimum Gasteiger partial charge on any atom is -0.481 e. The van der Waals surface area contributed by atoms with E-state index in [1.807, 2.05) is 0 Å². The second-order valence-electron chi connectivity index (χ2n) is 4.40. The molecule has 4 nitrogen and oxygen atoms in total. The van der Waals surface area contributed by atoms with E-state index in [4.69, 9.17) is 10.8 Å². The highest BCUT2D eigenvalue weighted by Crippen LogP contribution is 2.21. The molecule has 1 aromatic rings. The Morgan fingerprint density at radius 1 is 1.29 bits per heavy atom. The molecule has 3 N–H and O–H groups in total. The number of carboxylic acid groups (broad SMARTS) is 1. The summed E-state index contributed by atoms with van der Waals surface area (Å²) in [4.78, 5) is 23.0. The third-order valence-corrected chi connectivity index (χ3v) is 2.79. The van der Waals surface area contributed by atoms with Gasteiger partial charge in [0.25, 0.3) is 0 Å². The maximum Gasteiger partial charge on any atom is 0.307 e. The van der Waals surface area contributed by atoms with E-state index in [1.54, 1.807) is 38.1 Å². The fourth-order valence-electron chi connectivity index (χ4n) is 1.67. The standard InChI is InChI=1S/C13H17NO3/c1-8(2)10(13(16)17)7-12(15)9-5-3-4-6-11(9)14/h3-6,8,10H,7,14H2,1-2H3,(H,16,17). The summed E-state index contributed by atoms with van der Waals surface area (Å²) in [7, 11) is 0. The molecule has 4 heteroatoms. The van der Waals surface area contributed by atoms with E-state index in [2.05, 4.69) is 0 Å². The summed E-state index contributed by atoms with van der Waals surface area (Å²) in [6.07, 6.45) is -0.0127. The van der Waals surface area contributed by atoms with Gasteiger partial charge in [0.05, 0.1) is 5.92 Å². The van der Waals surface area contributed by atoms with Gasteiger partial charge in [-0.1, -0.05) is 26.0 Å². The van der Waals surface area contributed by atoms with Gasteiger partial charge in [-0.2, -0.15) is 0 Å². The van der Waals surface area contributed by atoms with Crippen molar-refractivity contribution in [1.82, 2.24) is 0 Å². The van der Waals surface area contributed by atoms with Crippen LogP contribution in [0.4, 0.5) is 5.69 Å². The Morgan fingerprint density at radius 2 is 1.88 bits per heavy atom. The lowest BCUT2D eigenvalue weighted by atomic mass is 9.89. The van der Waals surface area contributed by atoms with Crippen molar-refractivity contribution in [2.24, 2.45) is 11.8 Å². The number of aliphatic carboxylic acids is 1. The Kier molecular flexibility index (Phi) is 4.26. The number of carbonyl (C=O) groups excluding carboxylic acids is 1. The molecule has 17 heavy (non-hydrogen) atoms. The fourth-order valence-corrected chi connectivity index (χ4v) is 1.67. The number of nitrogens with two attached hydrogens (primary N) is 1. The van der Waals surface area contributed by atoms with Crippen molar-refractivity contribution >= 4 is 17.4 Å². The van der Waals surface area contributed by atoms with Crippen LogP contribution in [-0.2, 0) is 4.79 Å². The van der Waals surface area contributed by atoms with Crippen LogP contribution in [0.15, 0.2) is 24.3 Å². The topological polar surface area (TPSA) is 80.4 Å². The molecule has 1 unspecified atom stereocenters. The quantitative estimate of drug-likeness (QED) is 0.605. The van der Waals surface area contributed by atoms with Crippen molar-refractivity contribution in [3.05, 3.63) is 29.8 Å². The summed E-state index contributed by atoms with van der Waals surface area (Å²) in [5, 5.41) is 9.03. The third kappa shape index (κ3) is 3.31. The van der Waals surface area contributed by atoms with Gasteiger partial charge in [-0.25, -0.2) is 0 Å². The SMILES string of the molecule is CC(C)C(CC(=O)c1ccccc1N)C(=O)O. The van der Waals surface area contributed by atoms with Crippen molar-refractivity contribution < 1.29 is 14.7 Å². The number of anilines is 1. The molecule has 0 fully saturated rings. The third-order valence-electron chi connectivity index (χ3n) is 2.79. The fraction of sp³-hybridized carbons (Fsp3) is 0.385. The zero-order chi connectivity index (χ0) is 13.0. The smallest absolute Gasteiger partial charge is 0.307 e. The lowest BCUT2D eigenvalue weighted by molar-refractivity contribution is -0.143. The molecule has 0 aliphatic heterocycles. The Balaban J connectivity index is 2.85. The lowest BCUT2D eigenvalue weighted by Gasteiger charge is -2.15. The van der Waals surface area contributed by atoms with Crippen molar-refractivity contribution in [1.29, 1.82) is 0 Å². The van der Waals surface area contributed by atoms with Crippen LogP contribution in [0.1, 0.15) is 30.6 Å². The maximum atomic E-state index is 11.9. The van der Waals surface area contributed by atoms with Gasteiger partial charge in [-0.05, 0) is 18.1 Å². The van der Waals surface area contributed by atoms with Crippen LogP contribution in [-0.4, -0.2) is 16.9 Å². The first kappa shape index (κ1) is 13.2. The van der Waals surface area contributed by atoms with Crippen molar-refractivity contribution in [3.63, 3.8) is 0 Å². The molecule has 0 aliphatic carbocycles. The largest absolute Gasteiger partial charge is 0.481 e. The summed E-state index contributed by atoms with van der Waals surface area (Å²) >= 11 is 0. The van der Waals surface area contributed by atoms with Gasteiger partial charge >= 0.3 is 5.97 Å². The number of nitrogen functional groups attached to an aromatic ring is 1. The minimum absolute atomic E-state index is 0.0127. The van der Waals surface area contributed by atoms with Gasteiger partial charge in [0, 0.05) is 17.7 Å². The predicted octanol–water partition coefficient (Wildman–Crippen LogP) is 2.20. The van der Waals surface area contributed by atoms with Crippen molar-refractivity contribution in [2.45, 2.75) is 20.3 Å². The van der Waals surface area contributed by atoms with Crippen LogP contribution in [0.25, 0.3) is 0 Å². The Hall–Kier alpha value is -1.84. The monoisotopic (exact) mass is 235 g/mol. The van der Waals surface area contributed by atoms with Gasteiger partial charge in [0.1, 0.15) is 0 Å². The zero-order valence-corrected chi connectivity index (χ0v) is 10.0. The molecule has 0 spiro atoms. The highest BCUT2D eigenvalue weighted by molar-refractivity contribution is 6.02. The molecule has 0 bridgehead atoms. The Labute approximate surface area is 100 Å². The first-order valence-electron chi connectivity index (χ1n) is 5.54. The van der Waals surface area contributed by atoms with E-state index in [1.165, 1.54) is 0 Å². The molecule has 1 rings (SSSR count). The number of hydrogen-bond acceptors (Lipinski definition) is 3. The molecular weight excluding hydrogens is 218 g/mol. The average Bonchev–Trinajstić information content (AvgIpc) is 2.25. The molecule has 0 aromatic heterocycles. The Morgan fingerprint density at radius 3 is 2.35 bits per heavy atom. The van der Waals surface area contributed by atoms with Crippen LogP contribution in [0.2, 0.25) is 0 Å². The van der Waals surface area contributed by atoms with Gasteiger partial charge in [0.2, 0.25) is 0 Å². The van der Waals surface area contributed by atoms with Crippen molar-refractivity contribution in [2.75, 3.05) is 5.73 Å². The molecule has 92 valence electrons. The predicted molar refractivity (Wildman–Crippen MR) is 65.8 cm³/mol. The van der Waals surface area contributed by atoms with Gasteiger partial charge in [0.15, 0.2) is 5.78 Å².